The van der Waals surface area contributed by atoms with Crippen LogP contribution in [0, 0.1) is 5.92 Å². The predicted octanol–water partition coefficient (Wildman–Crippen LogP) is 2.11. The monoisotopic (exact) mass is 191 g/mol. The molecule has 2 atom stereocenters. The lowest BCUT2D eigenvalue weighted by atomic mass is 9.82. The van der Waals surface area contributed by atoms with Crippen molar-refractivity contribution in [3.63, 3.8) is 0 Å². The van der Waals surface area contributed by atoms with Gasteiger partial charge in [0.25, 0.3) is 0 Å². The third-order valence-corrected chi connectivity index (χ3v) is 3.11. The molecule has 0 spiro atoms. The molecule has 0 aliphatic carbocycles. The Kier molecular flexibility index (Phi) is 2.73. The van der Waals surface area contributed by atoms with Crippen LogP contribution in [0.2, 0.25) is 0 Å². The van der Waals surface area contributed by atoms with E-state index in [-0.39, 0.29) is 0 Å². The second kappa shape index (κ2) is 4.01. The highest BCUT2D eigenvalue weighted by Crippen LogP contribution is 2.30. The maximum atomic E-state index is 9.21. The minimum atomic E-state index is 0.357. The molecule has 14 heavy (non-hydrogen) atoms. The highest BCUT2D eigenvalue weighted by Gasteiger charge is 2.22. The van der Waals surface area contributed by atoms with Crippen molar-refractivity contribution in [2.24, 2.45) is 5.92 Å². The molecule has 1 heterocycles. The lowest BCUT2D eigenvalue weighted by Gasteiger charge is -2.29. The van der Waals surface area contributed by atoms with Crippen LogP contribution >= 0.6 is 0 Å². The molecular weight excluding hydrogens is 174 g/mol. The lowest BCUT2D eigenvalue weighted by molar-refractivity contribution is 0.349. The van der Waals surface area contributed by atoms with Gasteiger partial charge >= 0.3 is 0 Å². The number of phenolic OH excluding ortho intramolecular Hbond substituents is 1. The number of benzene rings is 1. The average Bonchev–Trinajstić information content (AvgIpc) is 2.20. The van der Waals surface area contributed by atoms with Gasteiger partial charge in [-0.15, -0.1) is 0 Å². The molecule has 2 unspecified atom stereocenters. The Morgan fingerprint density at radius 2 is 2.00 bits per heavy atom. The van der Waals surface area contributed by atoms with Gasteiger partial charge in [0, 0.05) is 0 Å². The van der Waals surface area contributed by atoms with Crippen LogP contribution < -0.4 is 5.32 Å². The molecule has 1 fully saturated rings. The topological polar surface area (TPSA) is 32.3 Å². The summed E-state index contributed by atoms with van der Waals surface area (Å²) in [5.41, 5.74) is 1.36. The summed E-state index contributed by atoms with van der Waals surface area (Å²) in [5, 5.41) is 12.6. The molecule has 2 nitrogen and oxygen atoms in total. The number of piperidine rings is 1. The Bertz CT molecular complexity index is 294. The van der Waals surface area contributed by atoms with Gasteiger partial charge in [-0.2, -0.15) is 0 Å². The van der Waals surface area contributed by atoms with E-state index < -0.39 is 0 Å². The Morgan fingerprint density at radius 3 is 2.64 bits per heavy atom. The third-order valence-electron chi connectivity index (χ3n) is 3.11. The molecule has 2 rings (SSSR count). The normalized spacial score (nSPS) is 27.5. The lowest BCUT2D eigenvalue weighted by Crippen LogP contribution is -2.33. The van der Waals surface area contributed by atoms with Crippen LogP contribution in [0.1, 0.15) is 24.8 Å². The first kappa shape index (κ1) is 9.53. The average molecular weight is 191 g/mol. The molecule has 0 saturated carbocycles. The number of rotatable bonds is 1. The molecule has 2 N–H and O–H groups in total. The van der Waals surface area contributed by atoms with E-state index in [1.165, 1.54) is 12.0 Å². The van der Waals surface area contributed by atoms with E-state index in [4.69, 9.17) is 0 Å². The molecular formula is C12H17NO. The van der Waals surface area contributed by atoms with E-state index >= 15 is 0 Å². The third kappa shape index (κ3) is 1.90. The number of hydrogen-bond donors (Lipinski definition) is 2. The summed E-state index contributed by atoms with van der Waals surface area (Å²) in [5.74, 6) is 1.69. The fourth-order valence-corrected chi connectivity index (χ4v) is 2.23. The van der Waals surface area contributed by atoms with Crippen molar-refractivity contribution in [1.29, 1.82) is 0 Å². The molecule has 1 saturated heterocycles. The molecule has 2 heteroatoms. The van der Waals surface area contributed by atoms with Crippen molar-refractivity contribution in [3.05, 3.63) is 29.8 Å². The second-order valence-electron chi connectivity index (χ2n) is 4.17. The summed E-state index contributed by atoms with van der Waals surface area (Å²) in [6.45, 7) is 4.49. The first-order valence-corrected chi connectivity index (χ1v) is 5.27. The van der Waals surface area contributed by atoms with E-state index in [0.29, 0.717) is 17.6 Å². The summed E-state index contributed by atoms with van der Waals surface area (Å²) in [6, 6.07) is 7.65. The Labute approximate surface area is 85.0 Å². The van der Waals surface area contributed by atoms with E-state index in [1.54, 1.807) is 12.1 Å². The van der Waals surface area contributed by atoms with Crippen molar-refractivity contribution in [1.82, 2.24) is 5.32 Å². The smallest absolute Gasteiger partial charge is 0.115 e. The number of nitrogens with one attached hydrogen (secondary N) is 1. The number of hydrogen-bond acceptors (Lipinski definition) is 2. The van der Waals surface area contributed by atoms with E-state index in [9.17, 15) is 5.11 Å². The van der Waals surface area contributed by atoms with Gasteiger partial charge in [-0.1, -0.05) is 19.1 Å². The first-order chi connectivity index (χ1) is 6.77. The summed E-state index contributed by atoms with van der Waals surface area (Å²) < 4.78 is 0. The molecule has 1 aliphatic heterocycles. The summed E-state index contributed by atoms with van der Waals surface area (Å²) in [6.07, 6.45) is 1.20. The van der Waals surface area contributed by atoms with Crippen LogP contribution in [0.15, 0.2) is 24.3 Å². The van der Waals surface area contributed by atoms with Crippen molar-refractivity contribution >= 4 is 0 Å². The predicted molar refractivity (Wildman–Crippen MR) is 57.5 cm³/mol. The largest absolute Gasteiger partial charge is 0.508 e. The van der Waals surface area contributed by atoms with Crippen LogP contribution in [0.5, 0.6) is 5.75 Å². The fourth-order valence-electron chi connectivity index (χ4n) is 2.23. The molecule has 1 aromatic carbocycles. The SMILES string of the molecule is CC1CNCCC1c1ccc(O)cc1. The molecule has 1 aromatic rings. The highest BCUT2D eigenvalue weighted by atomic mass is 16.3. The minimum Gasteiger partial charge on any atom is -0.508 e. The summed E-state index contributed by atoms with van der Waals surface area (Å²) in [4.78, 5) is 0. The molecule has 0 amide bonds. The van der Waals surface area contributed by atoms with E-state index in [2.05, 4.69) is 12.2 Å². The van der Waals surface area contributed by atoms with E-state index in [0.717, 1.165) is 13.1 Å². The number of phenols is 1. The molecule has 0 bridgehead atoms. The van der Waals surface area contributed by atoms with E-state index in [1.807, 2.05) is 12.1 Å². The fraction of sp³-hybridized carbons (Fsp3) is 0.500. The quantitative estimate of drug-likeness (QED) is 0.712. The van der Waals surface area contributed by atoms with Crippen molar-refractivity contribution in [3.8, 4) is 5.75 Å². The van der Waals surface area contributed by atoms with Crippen LogP contribution in [0.25, 0.3) is 0 Å². The van der Waals surface area contributed by atoms with Gasteiger partial charge in [-0.05, 0) is 49.0 Å². The van der Waals surface area contributed by atoms with Crippen LogP contribution in [0.4, 0.5) is 0 Å². The van der Waals surface area contributed by atoms with Crippen molar-refractivity contribution < 1.29 is 5.11 Å². The van der Waals surface area contributed by atoms with Gasteiger partial charge < -0.3 is 10.4 Å². The zero-order valence-electron chi connectivity index (χ0n) is 8.53. The Hall–Kier alpha value is -1.02. The van der Waals surface area contributed by atoms with Gasteiger partial charge in [0.2, 0.25) is 0 Å². The summed E-state index contributed by atoms with van der Waals surface area (Å²) in [7, 11) is 0. The van der Waals surface area contributed by atoms with Crippen LogP contribution in [-0.4, -0.2) is 18.2 Å². The maximum absolute atomic E-state index is 9.21. The van der Waals surface area contributed by atoms with Crippen LogP contribution in [0.3, 0.4) is 0 Å². The molecule has 76 valence electrons. The highest BCUT2D eigenvalue weighted by molar-refractivity contribution is 5.29. The Morgan fingerprint density at radius 1 is 1.29 bits per heavy atom. The van der Waals surface area contributed by atoms with Gasteiger partial charge in [0.05, 0.1) is 0 Å². The molecule has 0 radical (unpaired) electrons. The number of aromatic hydroxyl groups is 1. The van der Waals surface area contributed by atoms with Crippen molar-refractivity contribution in [2.75, 3.05) is 13.1 Å². The van der Waals surface area contributed by atoms with Gasteiger partial charge in [-0.25, -0.2) is 0 Å². The van der Waals surface area contributed by atoms with Gasteiger partial charge in [0.1, 0.15) is 5.75 Å². The zero-order chi connectivity index (χ0) is 9.97. The van der Waals surface area contributed by atoms with Gasteiger partial charge in [-0.3, -0.25) is 0 Å². The molecule has 1 aliphatic rings. The summed E-state index contributed by atoms with van der Waals surface area (Å²) >= 11 is 0. The van der Waals surface area contributed by atoms with Crippen molar-refractivity contribution in [2.45, 2.75) is 19.3 Å². The maximum Gasteiger partial charge on any atom is 0.115 e. The first-order valence-electron chi connectivity index (χ1n) is 5.27. The minimum absolute atomic E-state index is 0.357. The second-order valence-corrected chi connectivity index (χ2v) is 4.17. The Balaban J connectivity index is 2.16. The molecule has 0 aromatic heterocycles. The zero-order valence-corrected chi connectivity index (χ0v) is 8.53. The van der Waals surface area contributed by atoms with Gasteiger partial charge in [0.15, 0.2) is 0 Å². The van der Waals surface area contributed by atoms with Crippen LogP contribution in [-0.2, 0) is 0 Å². The standard InChI is InChI=1S/C12H17NO/c1-9-8-13-7-6-12(9)10-2-4-11(14)5-3-10/h2-5,9,12-14H,6-8H2,1H3.